The van der Waals surface area contributed by atoms with E-state index in [1.807, 2.05) is 149 Å². The number of carbonyl (C=O) groups excluding carboxylic acids is 2. The number of hydrogen-bond acceptors (Lipinski definition) is 3. The summed E-state index contributed by atoms with van der Waals surface area (Å²) < 4.78 is 6.51. The molecule has 0 saturated carbocycles. The van der Waals surface area contributed by atoms with Gasteiger partial charge in [-0.25, -0.2) is 9.59 Å². The summed E-state index contributed by atoms with van der Waals surface area (Å²) in [5.41, 5.74) is 7.57. The van der Waals surface area contributed by atoms with Crippen molar-refractivity contribution in [2.75, 3.05) is 0 Å². The topological polar surface area (TPSA) is 43.4 Å². The Kier molecular flexibility index (Phi) is 9.21. The number of carbonyl (C=O) groups is 2. The van der Waals surface area contributed by atoms with Gasteiger partial charge >= 0.3 is 11.9 Å². The zero-order valence-corrected chi connectivity index (χ0v) is 29.1. The van der Waals surface area contributed by atoms with Crippen molar-refractivity contribution >= 4 is 11.9 Å². The first-order valence-corrected chi connectivity index (χ1v) is 16.8. The van der Waals surface area contributed by atoms with Gasteiger partial charge in [0.2, 0.25) is 0 Å². The van der Waals surface area contributed by atoms with Crippen LogP contribution in [-0.4, -0.2) is 11.9 Å². The van der Waals surface area contributed by atoms with E-state index in [0.717, 1.165) is 66.8 Å². The van der Waals surface area contributed by atoms with E-state index in [-0.39, 0.29) is 0 Å². The molecule has 0 amide bonds. The molecule has 0 bridgehead atoms. The summed E-state index contributed by atoms with van der Waals surface area (Å²) in [4.78, 5) is 31.2. The van der Waals surface area contributed by atoms with Crippen LogP contribution in [0.2, 0.25) is 0 Å². The van der Waals surface area contributed by atoms with Crippen molar-refractivity contribution in [3.8, 4) is 0 Å². The van der Waals surface area contributed by atoms with E-state index in [0.29, 0.717) is 0 Å². The first kappa shape index (κ1) is 33.4. The number of esters is 2. The summed E-state index contributed by atoms with van der Waals surface area (Å²) in [5, 5.41) is 0. The predicted octanol–water partition coefficient (Wildman–Crippen LogP) is 9.98. The monoisotopic (exact) mass is 642 g/mol. The Morgan fingerprint density at radius 1 is 0.388 bits per heavy atom. The lowest BCUT2D eigenvalue weighted by atomic mass is 9.65. The summed E-state index contributed by atoms with van der Waals surface area (Å²) in [7, 11) is 0. The fourth-order valence-corrected chi connectivity index (χ4v) is 8.12. The van der Waals surface area contributed by atoms with Gasteiger partial charge in [0.05, 0.1) is 0 Å². The maximum Gasteiger partial charge on any atom is 0.333 e. The van der Waals surface area contributed by atoms with Gasteiger partial charge in [-0.2, -0.15) is 0 Å². The van der Waals surface area contributed by atoms with Crippen LogP contribution in [0.15, 0.2) is 146 Å². The van der Waals surface area contributed by atoms with Crippen LogP contribution >= 0.6 is 0 Å². The molecule has 0 aliphatic carbocycles. The summed E-state index contributed by atoms with van der Waals surface area (Å²) in [6.07, 6.45) is 0. The SMILES string of the molecule is Cc1cc(C)c(C(C(=O)OC(=O)C(c2ccccc2)(c2ccccc2)c2c(C)cc(C)cc2C)(c2ccccc2)c2ccccc2)c(C)c1. The molecule has 0 atom stereocenters. The minimum absolute atomic E-state index is 0.649. The molecule has 0 saturated heterocycles. The first-order chi connectivity index (χ1) is 23.6. The van der Waals surface area contributed by atoms with Crippen molar-refractivity contribution in [2.45, 2.75) is 52.4 Å². The molecular formula is C46H42O3. The first-order valence-electron chi connectivity index (χ1n) is 16.8. The Balaban J connectivity index is 1.68. The van der Waals surface area contributed by atoms with Gasteiger partial charge in [-0.15, -0.1) is 0 Å². The lowest BCUT2D eigenvalue weighted by Gasteiger charge is -2.39. The Hall–Kier alpha value is -5.54. The van der Waals surface area contributed by atoms with Crippen molar-refractivity contribution in [1.82, 2.24) is 0 Å². The minimum atomic E-state index is -1.45. The molecule has 3 heteroatoms. The van der Waals surface area contributed by atoms with Crippen LogP contribution in [0.1, 0.15) is 66.8 Å². The molecule has 0 unspecified atom stereocenters. The summed E-state index contributed by atoms with van der Waals surface area (Å²) in [6, 6.07) is 47.2. The number of aryl methyl sites for hydroxylation is 6. The third-order valence-electron chi connectivity index (χ3n) is 9.73. The van der Waals surface area contributed by atoms with Crippen LogP contribution in [0.25, 0.3) is 0 Å². The second kappa shape index (κ2) is 13.5. The third-order valence-corrected chi connectivity index (χ3v) is 9.73. The van der Waals surface area contributed by atoms with Crippen LogP contribution in [-0.2, 0) is 25.2 Å². The minimum Gasteiger partial charge on any atom is -0.391 e. The van der Waals surface area contributed by atoms with Crippen molar-refractivity contribution in [1.29, 1.82) is 0 Å². The van der Waals surface area contributed by atoms with Gasteiger partial charge in [0, 0.05) is 0 Å². The Morgan fingerprint density at radius 2 is 0.612 bits per heavy atom. The molecule has 0 aromatic heterocycles. The van der Waals surface area contributed by atoms with Gasteiger partial charge in [0.1, 0.15) is 10.8 Å². The second-order valence-electron chi connectivity index (χ2n) is 13.2. The quantitative estimate of drug-likeness (QED) is 0.0943. The Bertz CT molecular complexity index is 1830. The molecule has 6 aromatic carbocycles. The molecule has 6 rings (SSSR count). The van der Waals surface area contributed by atoms with Crippen molar-refractivity contribution in [2.24, 2.45) is 0 Å². The van der Waals surface area contributed by atoms with E-state index in [4.69, 9.17) is 4.74 Å². The van der Waals surface area contributed by atoms with Crippen LogP contribution in [0.5, 0.6) is 0 Å². The van der Waals surface area contributed by atoms with Gasteiger partial charge in [-0.05, 0) is 97.2 Å². The molecule has 3 nitrogen and oxygen atoms in total. The van der Waals surface area contributed by atoms with E-state index in [1.165, 1.54) is 0 Å². The zero-order chi connectivity index (χ0) is 34.8. The van der Waals surface area contributed by atoms with Crippen LogP contribution < -0.4 is 0 Å². The van der Waals surface area contributed by atoms with Gasteiger partial charge in [0.25, 0.3) is 0 Å². The largest absolute Gasteiger partial charge is 0.391 e. The highest BCUT2D eigenvalue weighted by atomic mass is 16.6. The van der Waals surface area contributed by atoms with Gasteiger partial charge < -0.3 is 4.74 Å². The van der Waals surface area contributed by atoms with Crippen LogP contribution in [0, 0.1) is 41.5 Å². The van der Waals surface area contributed by atoms with Crippen LogP contribution in [0.4, 0.5) is 0 Å². The number of ether oxygens (including phenoxy) is 1. The Morgan fingerprint density at radius 3 is 0.837 bits per heavy atom. The lowest BCUT2D eigenvalue weighted by molar-refractivity contribution is -0.164. The van der Waals surface area contributed by atoms with Gasteiger partial charge in [-0.3, -0.25) is 0 Å². The van der Waals surface area contributed by atoms with E-state index < -0.39 is 22.8 Å². The fraction of sp³-hybridized carbons (Fsp3) is 0.174. The number of benzene rings is 6. The average Bonchev–Trinajstić information content (AvgIpc) is 3.09. The highest BCUT2D eigenvalue weighted by molar-refractivity contribution is 6.04. The highest BCUT2D eigenvalue weighted by Crippen LogP contribution is 2.47. The molecule has 0 aliphatic heterocycles. The van der Waals surface area contributed by atoms with Crippen LogP contribution in [0.3, 0.4) is 0 Å². The molecule has 0 radical (unpaired) electrons. The van der Waals surface area contributed by atoms with Gasteiger partial charge in [-0.1, -0.05) is 157 Å². The maximum absolute atomic E-state index is 15.6. The van der Waals surface area contributed by atoms with E-state index in [9.17, 15) is 0 Å². The average molecular weight is 643 g/mol. The molecular weight excluding hydrogens is 601 g/mol. The molecule has 0 spiro atoms. The Labute approximate surface area is 290 Å². The van der Waals surface area contributed by atoms with E-state index in [1.54, 1.807) is 0 Å². The van der Waals surface area contributed by atoms with Crippen molar-refractivity contribution in [3.05, 3.63) is 212 Å². The second-order valence-corrected chi connectivity index (χ2v) is 13.2. The molecule has 244 valence electrons. The smallest absolute Gasteiger partial charge is 0.333 e. The maximum atomic E-state index is 15.6. The van der Waals surface area contributed by atoms with Crippen molar-refractivity contribution < 1.29 is 14.3 Å². The summed E-state index contributed by atoms with van der Waals surface area (Å²) in [6.45, 7) is 12.2. The van der Waals surface area contributed by atoms with Gasteiger partial charge in [0.15, 0.2) is 0 Å². The fourth-order valence-electron chi connectivity index (χ4n) is 8.12. The normalized spacial score (nSPS) is 11.6. The summed E-state index contributed by atoms with van der Waals surface area (Å²) >= 11 is 0. The number of hydrogen-bond donors (Lipinski definition) is 0. The standard InChI is InChI=1S/C46H42O3/c1-31-27-33(3)41(34(4)28-31)45(37-19-11-7-12-20-37,38-21-13-8-14-22-38)43(47)49-44(48)46(39-23-15-9-16-24-39,40-25-17-10-18-26-40)42-35(5)29-32(2)30-36(42)6/h7-30H,1-6H3. The lowest BCUT2D eigenvalue weighted by Crippen LogP contribution is -2.47. The third kappa shape index (κ3) is 5.70. The molecule has 0 N–H and O–H groups in total. The predicted molar refractivity (Wildman–Crippen MR) is 198 cm³/mol. The zero-order valence-electron chi connectivity index (χ0n) is 29.1. The molecule has 6 aromatic rings. The highest BCUT2D eigenvalue weighted by Gasteiger charge is 2.53. The molecule has 0 aliphatic rings. The molecule has 0 fully saturated rings. The summed E-state index contributed by atoms with van der Waals surface area (Å²) in [5.74, 6) is -1.30. The van der Waals surface area contributed by atoms with Crippen molar-refractivity contribution in [3.63, 3.8) is 0 Å². The molecule has 49 heavy (non-hydrogen) atoms. The van der Waals surface area contributed by atoms with E-state index in [2.05, 4.69) is 38.1 Å². The van der Waals surface area contributed by atoms with E-state index >= 15 is 9.59 Å². The molecule has 0 heterocycles. The number of rotatable bonds is 8.